The zero-order valence-electron chi connectivity index (χ0n) is 11.4. The Labute approximate surface area is 116 Å². The van der Waals surface area contributed by atoms with Crippen LogP contribution < -0.4 is 10.1 Å². The third kappa shape index (κ3) is 3.66. The molecule has 0 aliphatic carbocycles. The molecule has 1 aromatic carbocycles. The summed E-state index contributed by atoms with van der Waals surface area (Å²) >= 11 is 0. The highest BCUT2D eigenvalue weighted by atomic mass is 19.2. The quantitative estimate of drug-likeness (QED) is 0.904. The number of nitrogens with one attached hydrogen (secondary N) is 1. The first kappa shape index (κ1) is 14.2. The second-order valence-corrected chi connectivity index (χ2v) is 4.62. The summed E-state index contributed by atoms with van der Waals surface area (Å²) in [4.78, 5) is 4.14. The molecule has 0 atom stereocenters. The minimum absolute atomic E-state index is 0.00807. The van der Waals surface area contributed by atoms with E-state index in [1.807, 2.05) is 19.9 Å². The molecule has 5 heteroatoms. The van der Waals surface area contributed by atoms with Gasteiger partial charge in [0.2, 0.25) is 5.88 Å². The second-order valence-electron chi connectivity index (χ2n) is 4.62. The van der Waals surface area contributed by atoms with Crippen molar-refractivity contribution in [3.63, 3.8) is 0 Å². The first-order chi connectivity index (χ1) is 9.56. The van der Waals surface area contributed by atoms with Crippen LogP contribution in [0.1, 0.15) is 19.4 Å². The summed E-state index contributed by atoms with van der Waals surface area (Å²) in [5.41, 5.74) is 1.36. The molecule has 0 amide bonds. The lowest BCUT2D eigenvalue weighted by Gasteiger charge is -2.14. The van der Waals surface area contributed by atoms with Crippen LogP contribution in [0.5, 0.6) is 5.88 Å². The largest absolute Gasteiger partial charge is 0.473 e. The molecule has 106 valence electrons. The molecular weight excluding hydrogens is 262 g/mol. The van der Waals surface area contributed by atoms with Crippen molar-refractivity contribution in [2.75, 3.05) is 5.32 Å². The second kappa shape index (κ2) is 6.32. The zero-order valence-corrected chi connectivity index (χ0v) is 11.4. The summed E-state index contributed by atoms with van der Waals surface area (Å²) in [7, 11) is 0. The van der Waals surface area contributed by atoms with Crippen LogP contribution in [0.3, 0.4) is 0 Å². The molecule has 1 N–H and O–H groups in total. The number of benzene rings is 1. The minimum atomic E-state index is -0.853. The lowest BCUT2D eigenvalue weighted by molar-refractivity contribution is 0.234. The fraction of sp³-hybridized carbons (Fsp3) is 0.267. The normalized spacial score (nSPS) is 10.7. The van der Waals surface area contributed by atoms with Crippen molar-refractivity contribution in [1.82, 2.24) is 4.98 Å². The highest BCUT2D eigenvalue weighted by Crippen LogP contribution is 2.22. The minimum Gasteiger partial charge on any atom is -0.473 e. The fourth-order valence-corrected chi connectivity index (χ4v) is 1.69. The maximum atomic E-state index is 13.1. The average Bonchev–Trinajstić information content (AvgIpc) is 2.41. The molecule has 0 bridgehead atoms. The number of nitrogens with zero attached hydrogens (tertiary/aromatic N) is 1. The molecule has 0 fully saturated rings. The molecular formula is C15H16F2N2O. The van der Waals surface area contributed by atoms with Crippen LogP contribution in [0.15, 0.2) is 36.5 Å². The molecule has 0 saturated heterocycles. The van der Waals surface area contributed by atoms with Crippen molar-refractivity contribution in [3.8, 4) is 5.88 Å². The van der Waals surface area contributed by atoms with Gasteiger partial charge in [0.1, 0.15) is 0 Å². The van der Waals surface area contributed by atoms with Gasteiger partial charge in [-0.25, -0.2) is 13.8 Å². The highest BCUT2D eigenvalue weighted by molar-refractivity contribution is 5.52. The molecule has 0 aliphatic heterocycles. The lowest BCUT2D eigenvalue weighted by atomic mass is 10.2. The van der Waals surface area contributed by atoms with Crippen LogP contribution in [-0.2, 0) is 6.54 Å². The maximum Gasteiger partial charge on any atom is 0.237 e. The monoisotopic (exact) mass is 278 g/mol. The van der Waals surface area contributed by atoms with Crippen LogP contribution in [-0.4, -0.2) is 11.1 Å². The predicted molar refractivity (Wildman–Crippen MR) is 73.7 cm³/mol. The Kier molecular flexibility index (Phi) is 4.50. The molecule has 0 aliphatic rings. The number of pyridine rings is 1. The highest BCUT2D eigenvalue weighted by Gasteiger charge is 2.07. The van der Waals surface area contributed by atoms with Gasteiger partial charge < -0.3 is 10.1 Å². The van der Waals surface area contributed by atoms with Crippen molar-refractivity contribution in [1.29, 1.82) is 0 Å². The van der Waals surface area contributed by atoms with Gasteiger partial charge in [-0.05, 0) is 43.7 Å². The van der Waals surface area contributed by atoms with Crippen LogP contribution in [0.25, 0.3) is 0 Å². The molecule has 3 nitrogen and oxygen atoms in total. The van der Waals surface area contributed by atoms with Gasteiger partial charge in [0.15, 0.2) is 11.6 Å². The summed E-state index contributed by atoms with van der Waals surface area (Å²) in [6.45, 7) is 4.18. The first-order valence-corrected chi connectivity index (χ1v) is 6.35. The van der Waals surface area contributed by atoms with Gasteiger partial charge in [0, 0.05) is 12.7 Å². The fourth-order valence-electron chi connectivity index (χ4n) is 1.69. The van der Waals surface area contributed by atoms with Gasteiger partial charge in [0.25, 0.3) is 0 Å². The van der Waals surface area contributed by atoms with Crippen molar-refractivity contribution in [2.24, 2.45) is 0 Å². The van der Waals surface area contributed by atoms with E-state index in [0.29, 0.717) is 23.7 Å². The van der Waals surface area contributed by atoms with E-state index in [0.717, 1.165) is 6.07 Å². The van der Waals surface area contributed by atoms with E-state index in [1.165, 1.54) is 12.1 Å². The average molecular weight is 278 g/mol. The number of rotatable bonds is 5. The first-order valence-electron chi connectivity index (χ1n) is 6.35. The van der Waals surface area contributed by atoms with Crippen LogP contribution in [0.4, 0.5) is 14.5 Å². The Balaban J connectivity index is 2.08. The van der Waals surface area contributed by atoms with Crippen LogP contribution in [0.2, 0.25) is 0 Å². The van der Waals surface area contributed by atoms with Crippen molar-refractivity contribution in [3.05, 3.63) is 53.7 Å². The number of halogens is 2. The summed E-state index contributed by atoms with van der Waals surface area (Å²) < 4.78 is 31.5. The van der Waals surface area contributed by atoms with Gasteiger partial charge in [-0.15, -0.1) is 0 Å². The maximum absolute atomic E-state index is 13.1. The van der Waals surface area contributed by atoms with Crippen molar-refractivity contribution >= 4 is 5.69 Å². The Bertz CT molecular complexity index is 588. The van der Waals surface area contributed by atoms with E-state index in [-0.39, 0.29) is 6.10 Å². The molecule has 2 rings (SSSR count). The van der Waals surface area contributed by atoms with Gasteiger partial charge in [-0.2, -0.15) is 0 Å². The van der Waals surface area contributed by atoms with Gasteiger partial charge in [-0.1, -0.05) is 6.07 Å². The standard InChI is InChI=1S/C15H16F2N2O/c1-10(2)20-15-14(4-3-7-18-15)19-9-11-5-6-12(16)13(17)8-11/h3-8,10,19H,9H2,1-2H3. The number of aromatic nitrogens is 1. The SMILES string of the molecule is CC(C)Oc1ncccc1NCc1ccc(F)c(F)c1. The Hall–Kier alpha value is -2.17. The number of anilines is 1. The third-order valence-corrected chi connectivity index (χ3v) is 2.59. The van der Waals surface area contributed by atoms with E-state index >= 15 is 0 Å². The lowest BCUT2D eigenvalue weighted by Crippen LogP contribution is -2.10. The molecule has 20 heavy (non-hydrogen) atoms. The number of hydrogen-bond acceptors (Lipinski definition) is 3. The Morgan fingerprint density at radius 1 is 1.20 bits per heavy atom. The van der Waals surface area contributed by atoms with Gasteiger partial charge in [-0.3, -0.25) is 0 Å². The molecule has 0 saturated carbocycles. The summed E-state index contributed by atoms with van der Waals surface area (Å²) in [6, 6.07) is 7.42. The molecule has 0 spiro atoms. The zero-order chi connectivity index (χ0) is 14.5. The van der Waals surface area contributed by atoms with Crippen molar-refractivity contribution in [2.45, 2.75) is 26.5 Å². The third-order valence-electron chi connectivity index (χ3n) is 2.59. The van der Waals surface area contributed by atoms with Gasteiger partial charge >= 0.3 is 0 Å². The summed E-state index contributed by atoms with van der Waals surface area (Å²) in [5.74, 6) is -1.21. The van der Waals surface area contributed by atoms with Crippen LogP contribution >= 0.6 is 0 Å². The summed E-state index contributed by atoms with van der Waals surface area (Å²) in [5, 5.41) is 3.10. The summed E-state index contributed by atoms with van der Waals surface area (Å²) in [6.07, 6.45) is 1.65. The topological polar surface area (TPSA) is 34.1 Å². The number of ether oxygens (including phenoxy) is 1. The van der Waals surface area contributed by atoms with E-state index in [4.69, 9.17) is 4.74 Å². The van der Waals surface area contributed by atoms with Crippen molar-refractivity contribution < 1.29 is 13.5 Å². The van der Waals surface area contributed by atoms with E-state index in [9.17, 15) is 8.78 Å². The van der Waals surface area contributed by atoms with Gasteiger partial charge in [0.05, 0.1) is 11.8 Å². The molecule has 1 heterocycles. The molecule has 2 aromatic rings. The smallest absolute Gasteiger partial charge is 0.237 e. The molecule has 0 radical (unpaired) electrons. The van der Waals surface area contributed by atoms with Crippen LogP contribution in [0, 0.1) is 11.6 Å². The number of hydrogen-bond donors (Lipinski definition) is 1. The van der Waals surface area contributed by atoms with E-state index < -0.39 is 11.6 Å². The van der Waals surface area contributed by atoms with E-state index in [1.54, 1.807) is 12.3 Å². The molecule has 0 unspecified atom stereocenters. The molecule has 1 aromatic heterocycles. The van der Waals surface area contributed by atoms with E-state index in [2.05, 4.69) is 10.3 Å². The Morgan fingerprint density at radius 3 is 2.70 bits per heavy atom. The Morgan fingerprint density at radius 2 is 2.00 bits per heavy atom. The predicted octanol–water partition coefficient (Wildman–Crippen LogP) is 3.76.